The molecule has 3 aromatic rings. The quantitative estimate of drug-likeness (QED) is 0.594. The molecule has 144 valence electrons. The van der Waals surface area contributed by atoms with Crippen molar-refractivity contribution < 1.29 is 9.90 Å². The number of benzene rings is 3. The molecule has 0 unspecified atom stereocenters. The molecule has 0 saturated carbocycles. The molecule has 0 N–H and O–H groups in total. The molecule has 0 bridgehead atoms. The normalized spacial score (nSPS) is 17.3. The number of carbonyl (C=O) groups is 1. The van der Waals surface area contributed by atoms with Gasteiger partial charge in [0.1, 0.15) is 0 Å². The van der Waals surface area contributed by atoms with Crippen molar-refractivity contribution >= 4 is 16.7 Å². The summed E-state index contributed by atoms with van der Waals surface area (Å²) in [7, 11) is 0. The predicted molar refractivity (Wildman–Crippen MR) is 114 cm³/mol. The molecular formula is C26H27O2-. The van der Waals surface area contributed by atoms with Gasteiger partial charge in [0, 0.05) is 0 Å². The van der Waals surface area contributed by atoms with Crippen molar-refractivity contribution in [2.45, 2.75) is 58.3 Å². The highest BCUT2D eigenvalue weighted by molar-refractivity contribution is 5.91. The molecule has 0 heterocycles. The van der Waals surface area contributed by atoms with E-state index in [4.69, 9.17) is 0 Å². The molecule has 0 saturated heterocycles. The number of carboxylic acid groups (broad SMARTS) is 1. The molecule has 0 amide bonds. The Hall–Kier alpha value is -2.61. The van der Waals surface area contributed by atoms with Crippen LogP contribution >= 0.6 is 0 Å². The van der Waals surface area contributed by atoms with Gasteiger partial charge >= 0.3 is 0 Å². The number of carboxylic acids is 1. The van der Waals surface area contributed by atoms with Gasteiger partial charge in [0.25, 0.3) is 0 Å². The topological polar surface area (TPSA) is 40.1 Å². The first-order valence-corrected chi connectivity index (χ1v) is 10.00. The second-order valence-electron chi connectivity index (χ2n) is 9.54. The third-order valence-electron chi connectivity index (χ3n) is 6.58. The Labute approximate surface area is 167 Å². The molecular weight excluding hydrogens is 344 g/mol. The summed E-state index contributed by atoms with van der Waals surface area (Å²) in [5, 5.41) is 13.6. The SMILES string of the molecule is Cc1cc(C(=O)[O-])ccc1-c1ccc2cc3c(cc2c1)C(C)(C)CCC3(C)C. The van der Waals surface area contributed by atoms with Gasteiger partial charge in [-0.1, -0.05) is 64.1 Å². The van der Waals surface area contributed by atoms with Crippen molar-refractivity contribution in [2.24, 2.45) is 0 Å². The Balaban J connectivity index is 1.88. The second-order valence-corrected chi connectivity index (χ2v) is 9.54. The molecule has 2 heteroatoms. The Morgan fingerprint density at radius 1 is 0.821 bits per heavy atom. The lowest BCUT2D eigenvalue weighted by atomic mass is 9.63. The summed E-state index contributed by atoms with van der Waals surface area (Å²) in [5.41, 5.74) is 6.65. The fraction of sp³-hybridized carbons (Fsp3) is 0.346. The van der Waals surface area contributed by atoms with Crippen molar-refractivity contribution in [3.63, 3.8) is 0 Å². The van der Waals surface area contributed by atoms with E-state index >= 15 is 0 Å². The molecule has 0 aromatic heterocycles. The van der Waals surface area contributed by atoms with Crippen molar-refractivity contribution in [2.75, 3.05) is 0 Å². The van der Waals surface area contributed by atoms with Gasteiger partial charge in [-0.3, -0.25) is 0 Å². The van der Waals surface area contributed by atoms with Gasteiger partial charge in [0.15, 0.2) is 0 Å². The summed E-state index contributed by atoms with van der Waals surface area (Å²) >= 11 is 0. The lowest BCUT2D eigenvalue weighted by Gasteiger charge is -2.42. The van der Waals surface area contributed by atoms with Gasteiger partial charge in [-0.15, -0.1) is 0 Å². The number of rotatable bonds is 2. The third-order valence-corrected chi connectivity index (χ3v) is 6.58. The van der Waals surface area contributed by atoms with Gasteiger partial charge in [-0.25, -0.2) is 0 Å². The molecule has 1 aliphatic rings. The van der Waals surface area contributed by atoms with E-state index in [0.717, 1.165) is 16.7 Å². The van der Waals surface area contributed by atoms with E-state index in [1.807, 2.05) is 13.0 Å². The molecule has 1 aliphatic carbocycles. The maximum atomic E-state index is 11.1. The minimum absolute atomic E-state index is 0.182. The Morgan fingerprint density at radius 2 is 1.43 bits per heavy atom. The molecule has 0 spiro atoms. The van der Waals surface area contributed by atoms with Crippen molar-refractivity contribution in [1.29, 1.82) is 0 Å². The van der Waals surface area contributed by atoms with Crippen LogP contribution < -0.4 is 5.11 Å². The average Bonchev–Trinajstić information content (AvgIpc) is 2.64. The monoisotopic (exact) mass is 371 g/mol. The van der Waals surface area contributed by atoms with Crippen LogP contribution in [0.15, 0.2) is 48.5 Å². The lowest BCUT2D eigenvalue weighted by molar-refractivity contribution is -0.255. The summed E-state index contributed by atoms with van der Waals surface area (Å²) < 4.78 is 0. The molecule has 3 aromatic carbocycles. The van der Waals surface area contributed by atoms with E-state index in [-0.39, 0.29) is 16.4 Å². The van der Waals surface area contributed by atoms with Crippen LogP contribution in [0.4, 0.5) is 0 Å². The highest BCUT2D eigenvalue weighted by Gasteiger charge is 2.37. The van der Waals surface area contributed by atoms with E-state index in [1.165, 1.54) is 34.7 Å². The second kappa shape index (κ2) is 6.20. The summed E-state index contributed by atoms with van der Waals surface area (Å²) in [4.78, 5) is 11.1. The zero-order chi connectivity index (χ0) is 20.3. The van der Waals surface area contributed by atoms with Crippen LogP contribution in [0.2, 0.25) is 0 Å². The first-order chi connectivity index (χ1) is 13.1. The number of hydrogen-bond donors (Lipinski definition) is 0. The maximum absolute atomic E-state index is 11.1. The zero-order valence-corrected chi connectivity index (χ0v) is 17.3. The van der Waals surface area contributed by atoms with E-state index in [2.05, 4.69) is 58.0 Å². The van der Waals surface area contributed by atoms with Gasteiger partial charge in [-0.05, 0) is 86.9 Å². The minimum Gasteiger partial charge on any atom is -0.545 e. The minimum atomic E-state index is -1.13. The number of fused-ring (bicyclic) bond motifs is 2. The highest BCUT2D eigenvalue weighted by atomic mass is 16.4. The van der Waals surface area contributed by atoms with Gasteiger partial charge in [-0.2, -0.15) is 0 Å². The Morgan fingerprint density at radius 3 is 2.00 bits per heavy atom. The van der Waals surface area contributed by atoms with E-state index in [9.17, 15) is 9.90 Å². The Bertz CT molecular complexity index is 1100. The van der Waals surface area contributed by atoms with Crippen molar-refractivity contribution in [3.8, 4) is 11.1 Å². The number of aromatic carboxylic acids is 1. The van der Waals surface area contributed by atoms with Crippen LogP contribution in [0.25, 0.3) is 21.9 Å². The van der Waals surface area contributed by atoms with Crippen LogP contribution in [0.3, 0.4) is 0 Å². The zero-order valence-electron chi connectivity index (χ0n) is 17.3. The van der Waals surface area contributed by atoms with E-state index in [1.54, 1.807) is 12.1 Å². The number of aryl methyl sites for hydroxylation is 1. The summed E-state index contributed by atoms with van der Waals surface area (Å²) in [6.07, 6.45) is 2.41. The van der Waals surface area contributed by atoms with Gasteiger partial charge in [0.05, 0.1) is 5.97 Å². The van der Waals surface area contributed by atoms with Crippen molar-refractivity contribution in [3.05, 3.63) is 70.8 Å². The van der Waals surface area contributed by atoms with Crippen molar-refractivity contribution in [1.82, 2.24) is 0 Å². The Kier molecular flexibility index (Phi) is 4.15. The van der Waals surface area contributed by atoms with Crippen LogP contribution in [0, 0.1) is 6.92 Å². The molecule has 2 nitrogen and oxygen atoms in total. The first kappa shape index (κ1) is 18.7. The smallest absolute Gasteiger partial charge is 0.0715 e. The molecule has 28 heavy (non-hydrogen) atoms. The van der Waals surface area contributed by atoms with Crippen LogP contribution in [-0.4, -0.2) is 5.97 Å². The van der Waals surface area contributed by atoms with Gasteiger partial charge in [0.2, 0.25) is 0 Å². The fourth-order valence-corrected chi connectivity index (χ4v) is 4.59. The third kappa shape index (κ3) is 3.01. The standard InChI is InChI=1S/C26H28O2/c1-16-12-19(24(27)28)8-9-21(16)18-7-6-17-14-22-23(15-20(17)13-18)26(4,5)11-10-25(22,2)3/h6-9,12-15H,10-11H2,1-5H3,(H,27,28)/p-1. The van der Waals surface area contributed by atoms with Gasteiger partial charge < -0.3 is 9.90 Å². The summed E-state index contributed by atoms with van der Waals surface area (Å²) in [6, 6.07) is 16.5. The molecule has 0 aliphatic heterocycles. The first-order valence-electron chi connectivity index (χ1n) is 10.00. The van der Waals surface area contributed by atoms with E-state index < -0.39 is 5.97 Å². The summed E-state index contributed by atoms with van der Waals surface area (Å²) in [5.74, 6) is -1.13. The molecule has 0 radical (unpaired) electrons. The van der Waals surface area contributed by atoms with Crippen LogP contribution in [0.5, 0.6) is 0 Å². The fourth-order valence-electron chi connectivity index (χ4n) is 4.59. The average molecular weight is 372 g/mol. The summed E-state index contributed by atoms with van der Waals surface area (Å²) in [6.45, 7) is 11.3. The molecule has 0 atom stereocenters. The maximum Gasteiger partial charge on any atom is 0.0715 e. The molecule has 0 fully saturated rings. The number of hydrogen-bond acceptors (Lipinski definition) is 2. The lowest BCUT2D eigenvalue weighted by Crippen LogP contribution is -2.33. The largest absolute Gasteiger partial charge is 0.545 e. The van der Waals surface area contributed by atoms with Crippen LogP contribution in [-0.2, 0) is 10.8 Å². The van der Waals surface area contributed by atoms with E-state index in [0.29, 0.717) is 0 Å². The highest BCUT2D eigenvalue weighted by Crippen LogP contribution is 2.47. The predicted octanol–water partition coefficient (Wildman–Crippen LogP) is 5.53. The van der Waals surface area contributed by atoms with Crippen LogP contribution in [0.1, 0.15) is 67.6 Å². The number of carbonyl (C=O) groups excluding carboxylic acids is 1. The molecule has 4 rings (SSSR count).